The third-order valence-corrected chi connectivity index (χ3v) is 3.75. The molecule has 0 bridgehead atoms. The van der Waals surface area contributed by atoms with Gasteiger partial charge in [0.2, 0.25) is 0 Å². The number of hydrogen-bond donors (Lipinski definition) is 1. The maximum atomic E-state index is 11.9. The molecule has 1 amide bonds. The number of benzene rings is 2. The molecule has 0 aliphatic rings. The molecule has 0 aromatic heterocycles. The van der Waals surface area contributed by atoms with Crippen LogP contribution < -0.4 is 14.8 Å². The molecule has 2 rings (SSSR count). The Morgan fingerprint density at radius 1 is 1.29 bits per heavy atom. The van der Waals surface area contributed by atoms with Crippen molar-refractivity contribution >= 4 is 40.5 Å². The molecule has 1 N–H and O–H groups in total. The Balaban J connectivity index is 2.07. The van der Waals surface area contributed by atoms with Crippen LogP contribution in [0, 0.1) is 10.1 Å². The Morgan fingerprint density at radius 2 is 2.04 bits per heavy atom. The number of nitro benzene ring substituents is 1. The van der Waals surface area contributed by atoms with Gasteiger partial charge in [0, 0.05) is 0 Å². The van der Waals surface area contributed by atoms with Crippen molar-refractivity contribution in [1.82, 2.24) is 0 Å². The number of nitrogens with zero attached hydrogens (tertiary/aromatic N) is 1. The predicted octanol–water partition coefficient (Wildman–Crippen LogP) is 3.93. The Hall–Kier alpha value is -2.51. The predicted molar refractivity (Wildman–Crippen MR) is 90.2 cm³/mol. The van der Waals surface area contributed by atoms with Gasteiger partial charge in [-0.25, -0.2) is 0 Å². The molecule has 9 heteroatoms. The number of nitro groups is 1. The first-order chi connectivity index (χ1) is 11.4. The molecular formula is C15H12Cl2N2O5. The Morgan fingerprint density at radius 3 is 2.71 bits per heavy atom. The van der Waals surface area contributed by atoms with Gasteiger partial charge in [-0.15, -0.1) is 0 Å². The van der Waals surface area contributed by atoms with Crippen LogP contribution in [-0.2, 0) is 4.79 Å². The molecule has 0 fully saturated rings. The zero-order valence-corrected chi connectivity index (χ0v) is 13.9. The lowest BCUT2D eigenvalue weighted by molar-refractivity contribution is -0.384. The van der Waals surface area contributed by atoms with Crippen LogP contribution in [0.15, 0.2) is 36.4 Å². The summed E-state index contributed by atoms with van der Waals surface area (Å²) in [6, 6.07) is 8.84. The van der Waals surface area contributed by atoms with Crippen LogP contribution in [0.3, 0.4) is 0 Å². The minimum atomic E-state index is -0.618. The van der Waals surface area contributed by atoms with E-state index in [2.05, 4.69) is 5.32 Å². The van der Waals surface area contributed by atoms with Crippen molar-refractivity contribution in [1.29, 1.82) is 0 Å². The number of carbonyl (C=O) groups excluding carboxylic acids is 1. The van der Waals surface area contributed by atoms with E-state index in [1.54, 1.807) is 18.2 Å². The minimum Gasteiger partial charge on any atom is -0.496 e. The summed E-state index contributed by atoms with van der Waals surface area (Å²) in [5.74, 6) is -0.0375. The third kappa shape index (κ3) is 4.27. The molecule has 0 heterocycles. The van der Waals surface area contributed by atoms with Gasteiger partial charge in [-0.3, -0.25) is 14.9 Å². The summed E-state index contributed by atoms with van der Waals surface area (Å²) >= 11 is 11.8. The van der Waals surface area contributed by atoms with Gasteiger partial charge in [0.15, 0.2) is 6.61 Å². The van der Waals surface area contributed by atoms with Gasteiger partial charge in [-0.1, -0.05) is 29.3 Å². The zero-order valence-electron chi connectivity index (χ0n) is 12.4. The molecule has 0 aliphatic heterocycles. The van der Waals surface area contributed by atoms with Crippen LogP contribution >= 0.6 is 23.2 Å². The number of anilines is 1. The fourth-order valence-corrected chi connectivity index (χ4v) is 2.17. The van der Waals surface area contributed by atoms with E-state index in [1.165, 1.54) is 25.3 Å². The summed E-state index contributed by atoms with van der Waals surface area (Å²) in [5.41, 5.74) is -0.255. The van der Waals surface area contributed by atoms with Crippen molar-refractivity contribution < 1.29 is 19.2 Å². The second kappa shape index (κ2) is 7.85. The maximum Gasteiger partial charge on any atom is 0.296 e. The van der Waals surface area contributed by atoms with E-state index in [1.807, 2.05) is 0 Å². The highest BCUT2D eigenvalue weighted by Crippen LogP contribution is 2.32. The minimum absolute atomic E-state index is 0.0339. The highest BCUT2D eigenvalue weighted by Gasteiger charge is 2.17. The first-order valence-electron chi connectivity index (χ1n) is 6.61. The van der Waals surface area contributed by atoms with Gasteiger partial charge in [-0.05, 0) is 24.3 Å². The summed E-state index contributed by atoms with van der Waals surface area (Å²) < 4.78 is 10.2. The average Bonchev–Trinajstić information content (AvgIpc) is 2.56. The number of amides is 1. The van der Waals surface area contributed by atoms with E-state index in [0.29, 0.717) is 10.8 Å². The molecule has 126 valence electrons. The third-order valence-electron chi connectivity index (χ3n) is 2.95. The molecule has 24 heavy (non-hydrogen) atoms. The van der Waals surface area contributed by atoms with E-state index in [-0.39, 0.29) is 28.8 Å². The monoisotopic (exact) mass is 370 g/mol. The van der Waals surface area contributed by atoms with Crippen molar-refractivity contribution in [3.8, 4) is 11.5 Å². The molecule has 7 nitrogen and oxygen atoms in total. The molecular weight excluding hydrogens is 359 g/mol. The number of nitrogens with one attached hydrogen (secondary N) is 1. The Bertz CT molecular complexity index is 782. The van der Waals surface area contributed by atoms with Gasteiger partial charge in [0.25, 0.3) is 11.6 Å². The number of rotatable bonds is 6. The van der Waals surface area contributed by atoms with E-state index in [9.17, 15) is 14.9 Å². The molecule has 0 spiro atoms. The molecule has 2 aromatic rings. The Kier molecular flexibility index (Phi) is 5.83. The number of hydrogen-bond acceptors (Lipinski definition) is 5. The number of methoxy groups -OCH3 is 1. The molecule has 0 saturated heterocycles. The number of carbonyl (C=O) groups is 1. The van der Waals surface area contributed by atoms with E-state index >= 15 is 0 Å². The van der Waals surface area contributed by atoms with Gasteiger partial charge < -0.3 is 14.8 Å². The first kappa shape index (κ1) is 17.8. The smallest absolute Gasteiger partial charge is 0.296 e. The van der Waals surface area contributed by atoms with E-state index in [0.717, 1.165) is 0 Å². The molecule has 0 radical (unpaired) electrons. The van der Waals surface area contributed by atoms with E-state index < -0.39 is 10.8 Å². The van der Waals surface area contributed by atoms with Crippen molar-refractivity contribution in [3.05, 3.63) is 56.6 Å². The van der Waals surface area contributed by atoms with Crippen LogP contribution in [-0.4, -0.2) is 24.5 Å². The lowest BCUT2D eigenvalue weighted by Gasteiger charge is -2.10. The fraction of sp³-hybridized carbons (Fsp3) is 0.133. The largest absolute Gasteiger partial charge is 0.496 e. The second-order valence-corrected chi connectivity index (χ2v) is 5.31. The second-order valence-electron chi connectivity index (χ2n) is 4.53. The van der Waals surface area contributed by atoms with Crippen LogP contribution in [0.2, 0.25) is 10.0 Å². The van der Waals surface area contributed by atoms with Crippen LogP contribution in [0.1, 0.15) is 0 Å². The van der Waals surface area contributed by atoms with Crippen molar-refractivity contribution in [2.24, 2.45) is 0 Å². The van der Waals surface area contributed by atoms with Gasteiger partial charge >= 0.3 is 0 Å². The highest BCUT2D eigenvalue weighted by atomic mass is 35.5. The van der Waals surface area contributed by atoms with Crippen LogP contribution in [0.5, 0.6) is 11.5 Å². The quantitative estimate of drug-likeness (QED) is 0.614. The summed E-state index contributed by atoms with van der Waals surface area (Å²) in [5, 5.41) is 14.0. The molecule has 0 aliphatic carbocycles. The van der Waals surface area contributed by atoms with Crippen molar-refractivity contribution in [3.63, 3.8) is 0 Å². The van der Waals surface area contributed by atoms with Crippen molar-refractivity contribution in [2.45, 2.75) is 0 Å². The highest BCUT2D eigenvalue weighted by molar-refractivity contribution is 6.42. The van der Waals surface area contributed by atoms with E-state index in [4.69, 9.17) is 32.7 Å². The Labute approximate surface area is 147 Å². The van der Waals surface area contributed by atoms with Crippen LogP contribution in [0.4, 0.5) is 11.4 Å². The maximum absolute atomic E-state index is 11.9. The van der Waals surface area contributed by atoms with Crippen LogP contribution in [0.25, 0.3) is 0 Å². The lowest BCUT2D eigenvalue weighted by atomic mass is 10.2. The topological polar surface area (TPSA) is 90.7 Å². The number of ether oxygens (including phenoxy) is 2. The fourth-order valence-electron chi connectivity index (χ4n) is 1.82. The molecule has 0 atom stereocenters. The molecule has 0 unspecified atom stereocenters. The lowest BCUT2D eigenvalue weighted by Crippen LogP contribution is -2.20. The summed E-state index contributed by atoms with van der Waals surface area (Å²) in [4.78, 5) is 22.4. The van der Waals surface area contributed by atoms with Gasteiger partial charge in [0.1, 0.15) is 22.2 Å². The first-order valence-corrected chi connectivity index (χ1v) is 7.37. The molecule has 2 aromatic carbocycles. The average molecular weight is 371 g/mol. The summed E-state index contributed by atoms with van der Waals surface area (Å²) in [6.45, 7) is -0.386. The standard InChI is InChI=1S/C15H12Cl2N2O5/c1-23-9-5-6-11(12(7-9)19(21)22)18-14(20)8-24-13-4-2-3-10(16)15(13)17/h2-7H,8H2,1H3,(H,18,20). The summed E-state index contributed by atoms with van der Waals surface area (Å²) in [6.07, 6.45) is 0. The van der Waals surface area contributed by atoms with Gasteiger partial charge in [0.05, 0.1) is 23.1 Å². The molecule has 0 saturated carbocycles. The SMILES string of the molecule is COc1ccc(NC(=O)COc2cccc(Cl)c2Cl)c([N+](=O)[O-])c1. The zero-order chi connectivity index (χ0) is 17.7. The van der Waals surface area contributed by atoms with Gasteiger partial charge in [-0.2, -0.15) is 0 Å². The number of halogens is 2. The van der Waals surface area contributed by atoms with Crippen molar-refractivity contribution in [2.75, 3.05) is 19.0 Å². The summed E-state index contributed by atoms with van der Waals surface area (Å²) in [7, 11) is 1.39. The normalized spacial score (nSPS) is 10.1.